The van der Waals surface area contributed by atoms with Crippen LogP contribution < -0.4 is 5.32 Å². The van der Waals surface area contributed by atoms with Crippen LogP contribution in [-0.4, -0.2) is 87.5 Å². The summed E-state index contributed by atoms with van der Waals surface area (Å²) in [6.45, 7) is 3.76. The Morgan fingerprint density at radius 2 is 0.919 bits per heavy atom. The number of ether oxygens (including phenoxy) is 2. The van der Waals surface area contributed by atoms with E-state index in [1.54, 1.807) is 6.08 Å². The Morgan fingerprint density at radius 1 is 0.532 bits per heavy atom. The first kappa shape index (κ1) is 58.2. The zero-order chi connectivity index (χ0) is 45.1. The van der Waals surface area contributed by atoms with Gasteiger partial charge in [0.15, 0.2) is 6.29 Å². The maximum atomic E-state index is 13.0. The second-order valence-corrected chi connectivity index (χ2v) is 17.9. The van der Waals surface area contributed by atoms with Crippen LogP contribution in [0.2, 0.25) is 0 Å². The molecule has 0 aromatic rings. The van der Waals surface area contributed by atoms with Gasteiger partial charge in [-0.2, -0.15) is 0 Å². The van der Waals surface area contributed by atoms with Crippen LogP contribution in [0.15, 0.2) is 48.6 Å². The lowest BCUT2D eigenvalue weighted by Crippen LogP contribution is -2.60. The van der Waals surface area contributed by atoms with Crippen molar-refractivity contribution in [2.75, 3.05) is 13.2 Å². The van der Waals surface area contributed by atoms with Crippen molar-refractivity contribution in [3.05, 3.63) is 48.6 Å². The number of hydrogen-bond donors (Lipinski definition) is 6. The van der Waals surface area contributed by atoms with Gasteiger partial charge >= 0.3 is 0 Å². The molecule has 1 saturated heterocycles. The van der Waals surface area contributed by atoms with E-state index in [0.29, 0.717) is 6.42 Å². The molecule has 7 unspecified atom stereocenters. The third kappa shape index (κ3) is 32.8. The number of hydrogen-bond acceptors (Lipinski definition) is 8. The van der Waals surface area contributed by atoms with Gasteiger partial charge in [-0.05, 0) is 70.6 Å². The van der Waals surface area contributed by atoms with Gasteiger partial charge in [0.25, 0.3) is 0 Å². The maximum absolute atomic E-state index is 13.0. The van der Waals surface area contributed by atoms with Crippen molar-refractivity contribution in [1.82, 2.24) is 5.32 Å². The average molecular weight is 876 g/mol. The van der Waals surface area contributed by atoms with E-state index in [4.69, 9.17) is 9.47 Å². The van der Waals surface area contributed by atoms with Crippen LogP contribution in [0.1, 0.15) is 226 Å². The highest BCUT2D eigenvalue weighted by Crippen LogP contribution is 2.23. The topological polar surface area (TPSA) is 149 Å². The summed E-state index contributed by atoms with van der Waals surface area (Å²) < 4.78 is 11.2. The van der Waals surface area contributed by atoms with Crippen molar-refractivity contribution >= 4 is 5.91 Å². The molecule has 9 nitrogen and oxygen atoms in total. The summed E-state index contributed by atoms with van der Waals surface area (Å²) in [6, 6.07) is -0.830. The van der Waals surface area contributed by atoms with Gasteiger partial charge in [0, 0.05) is 6.42 Å². The van der Waals surface area contributed by atoms with E-state index in [1.165, 1.54) is 148 Å². The van der Waals surface area contributed by atoms with E-state index >= 15 is 0 Å². The highest BCUT2D eigenvalue weighted by molar-refractivity contribution is 5.76. The van der Waals surface area contributed by atoms with Crippen LogP contribution in [0.3, 0.4) is 0 Å². The van der Waals surface area contributed by atoms with Gasteiger partial charge in [-0.3, -0.25) is 4.79 Å². The number of unbranched alkanes of at least 4 members (excludes halogenated alkanes) is 27. The van der Waals surface area contributed by atoms with Crippen molar-refractivity contribution in [1.29, 1.82) is 0 Å². The SMILES string of the molecule is CCCCCCCCCCC/C=C\CCCCCCCCCC(=O)NC(COC1OC(CO)C(O)C(O)C1O)C(O)/C=C/CC/C=C/CC/C=C/CCCCCCCCCCC. The van der Waals surface area contributed by atoms with Crippen molar-refractivity contribution in [3.63, 3.8) is 0 Å². The molecule has 362 valence electrons. The van der Waals surface area contributed by atoms with E-state index in [-0.39, 0.29) is 12.5 Å². The van der Waals surface area contributed by atoms with Gasteiger partial charge in [0.2, 0.25) is 5.91 Å². The van der Waals surface area contributed by atoms with E-state index in [2.05, 4.69) is 55.6 Å². The summed E-state index contributed by atoms with van der Waals surface area (Å²) in [5, 5.41) is 54.3. The Hall–Kier alpha value is -1.85. The highest BCUT2D eigenvalue weighted by atomic mass is 16.7. The predicted molar refractivity (Wildman–Crippen MR) is 258 cm³/mol. The van der Waals surface area contributed by atoms with E-state index in [9.17, 15) is 30.3 Å². The van der Waals surface area contributed by atoms with Crippen LogP contribution in [-0.2, 0) is 14.3 Å². The average Bonchev–Trinajstić information content (AvgIpc) is 3.27. The molecule has 62 heavy (non-hydrogen) atoms. The molecule has 1 amide bonds. The number of carbonyl (C=O) groups excluding carboxylic acids is 1. The van der Waals surface area contributed by atoms with Crippen molar-refractivity contribution < 1.29 is 39.8 Å². The zero-order valence-corrected chi connectivity index (χ0v) is 39.9. The second kappa shape index (κ2) is 43.1. The van der Waals surface area contributed by atoms with E-state index in [0.717, 1.165) is 57.8 Å². The molecule has 1 fully saturated rings. The normalized spacial score (nSPS) is 20.7. The Labute approximate surface area is 380 Å². The Balaban J connectivity index is 2.34. The summed E-state index contributed by atoms with van der Waals surface area (Å²) >= 11 is 0. The van der Waals surface area contributed by atoms with Crippen LogP contribution in [0.4, 0.5) is 0 Å². The molecule has 0 radical (unpaired) electrons. The minimum absolute atomic E-state index is 0.195. The van der Waals surface area contributed by atoms with Crippen molar-refractivity contribution in [2.45, 2.75) is 269 Å². The number of aliphatic hydroxyl groups excluding tert-OH is 5. The monoisotopic (exact) mass is 876 g/mol. The molecule has 1 heterocycles. The summed E-state index contributed by atoms with van der Waals surface area (Å²) in [4.78, 5) is 13.0. The van der Waals surface area contributed by atoms with Crippen LogP contribution in [0, 0.1) is 0 Å². The van der Waals surface area contributed by atoms with Gasteiger partial charge < -0.3 is 40.3 Å². The Kier molecular flexibility index (Phi) is 40.4. The largest absolute Gasteiger partial charge is 0.394 e. The third-order valence-electron chi connectivity index (χ3n) is 12.1. The molecule has 6 N–H and O–H groups in total. The van der Waals surface area contributed by atoms with Gasteiger partial charge in [0.05, 0.1) is 25.4 Å². The standard InChI is InChI=1S/C53H97NO8/c1-3-5-7-9-11-13-15-17-19-21-23-25-27-29-31-33-35-37-39-41-43-49(57)54-46(45-61-53-52(60)51(59)50(58)48(44-55)62-53)47(56)42-40-38-36-34-32-30-28-26-24-22-20-18-16-14-12-10-8-6-4-2/h23-26,32,34,40,42,46-48,50-53,55-56,58-60H,3-22,27-31,33,35-39,41,43-45H2,1-2H3,(H,54,57)/b25-23-,26-24+,34-32+,42-40+. The first-order valence-corrected chi connectivity index (χ1v) is 25.9. The fourth-order valence-corrected chi connectivity index (χ4v) is 7.95. The minimum atomic E-state index is -1.58. The molecule has 1 aliphatic heterocycles. The van der Waals surface area contributed by atoms with Gasteiger partial charge in [-0.15, -0.1) is 0 Å². The molecule has 0 aliphatic carbocycles. The first-order valence-electron chi connectivity index (χ1n) is 25.9. The van der Waals surface area contributed by atoms with Crippen LogP contribution in [0.25, 0.3) is 0 Å². The first-order chi connectivity index (χ1) is 30.3. The number of allylic oxidation sites excluding steroid dienone is 7. The minimum Gasteiger partial charge on any atom is -0.394 e. The fourth-order valence-electron chi connectivity index (χ4n) is 7.95. The van der Waals surface area contributed by atoms with Crippen LogP contribution in [0.5, 0.6) is 0 Å². The molecule has 1 rings (SSSR count). The van der Waals surface area contributed by atoms with E-state index in [1.807, 2.05) is 6.08 Å². The molecule has 9 heteroatoms. The molecule has 0 saturated carbocycles. The quantitative estimate of drug-likeness (QED) is 0.0262. The Morgan fingerprint density at radius 3 is 1.35 bits per heavy atom. The van der Waals surface area contributed by atoms with Crippen molar-refractivity contribution in [3.8, 4) is 0 Å². The summed E-state index contributed by atoms with van der Waals surface area (Å²) in [5.41, 5.74) is 0. The van der Waals surface area contributed by atoms with Gasteiger partial charge in [-0.25, -0.2) is 0 Å². The van der Waals surface area contributed by atoms with Gasteiger partial charge in [0.1, 0.15) is 24.4 Å². The molecule has 1 aliphatic rings. The Bertz CT molecular complexity index is 1110. The number of nitrogens with one attached hydrogen (secondary N) is 1. The highest BCUT2D eigenvalue weighted by Gasteiger charge is 2.44. The number of aliphatic hydroxyl groups is 5. The lowest BCUT2D eigenvalue weighted by molar-refractivity contribution is -0.302. The molecule has 0 bridgehead atoms. The summed E-state index contributed by atoms with van der Waals surface area (Å²) in [6.07, 6.45) is 48.7. The zero-order valence-electron chi connectivity index (χ0n) is 39.9. The summed E-state index contributed by atoms with van der Waals surface area (Å²) in [7, 11) is 0. The number of carbonyl (C=O) groups is 1. The summed E-state index contributed by atoms with van der Waals surface area (Å²) in [5.74, 6) is -0.195. The predicted octanol–water partition coefficient (Wildman–Crippen LogP) is 11.8. The molecule has 0 aromatic heterocycles. The van der Waals surface area contributed by atoms with E-state index < -0.39 is 49.5 Å². The number of rotatable bonds is 43. The fraction of sp³-hybridized carbons (Fsp3) is 0.830. The maximum Gasteiger partial charge on any atom is 0.220 e. The molecular formula is C53H97NO8. The molecular weight excluding hydrogens is 779 g/mol. The second-order valence-electron chi connectivity index (χ2n) is 17.9. The molecule has 7 atom stereocenters. The lowest BCUT2D eigenvalue weighted by atomic mass is 9.99. The van der Waals surface area contributed by atoms with Gasteiger partial charge in [-0.1, -0.05) is 197 Å². The molecule has 0 spiro atoms. The third-order valence-corrected chi connectivity index (χ3v) is 12.1. The number of amides is 1. The molecule has 0 aromatic carbocycles. The van der Waals surface area contributed by atoms with Crippen molar-refractivity contribution in [2.24, 2.45) is 0 Å². The van der Waals surface area contributed by atoms with Crippen LogP contribution >= 0.6 is 0 Å². The lowest BCUT2D eigenvalue weighted by Gasteiger charge is -2.40. The smallest absolute Gasteiger partial charge is 0.220 e.